The number of halogens is 2. The molecule has 1 aromatic heterocycles. The van der Waals surface area contributed by atoms with E-state index in [1.54, 1.807) is 11.3 Å². The summed E-state index contributed by atoms with van der Waals surface area (Å²) in [4.78, 5) is 16.6. The summed E-state index contributed by atoms with van der Waals surface area (Å²) in [6.07, 6.45) is 0. The fraction of sp³-hybridized carbons (Fsp3) is 0.0588. The van der Waals surface area contributed by atoms with Crippen molar-refractivity contribution in [3.8, 4) is 11.3 Å². The Labute approximate surface area is 170 Å². The molecule has 0 unspecified atom stereocenters. The van der Waals surface area contributed by atoms with Crippen molar-refractivity contribution >= 4 is 73.2 Å². The number of nitrogens with one attached hydrogen (secondary N) is 1. The van der Waals surface area contributed by atoms with Gasteiger partial charge in [-0.2, -0.15) is 0 Å². The van der Waals surface area contributed by atoms with Crippen LogP contribution in [0.15, 0.2) is 62.7 Å². The van der Waals surface area contributed by atoms with Gasteiger partial charge in [0.1, 0.15) is 0 Å². The number of amides is 1. The van der Waals surface area contributed by atoms with Crippen LogP contribution in [-0.4, -0.2) is 16.6 Å². The molecule has 0 aliphatic rings. The Hall–Kier alpha value is -0.900. The molecular weight excluding hydrogens is 519 g/mol. The summed E-state index contributed by atoms with van der Waals surface area (Å²) < 4.78 is 3.08. The van der Waals surface area contributed by atoms with E-state index in [2.05, 4.69) is 48.8 Å². The van der Waals surface area contributed by atoms with E-state index in [1.807, 2.05) is 53.9 Å². The van der Waals surface area contributed by atoms with Crippen LogP contribution in [0.1, 0.15) is 0 Å². The van der Waals surface area contributed by atoms with Crippen LogP contribution >= 0.6 is 61.6 Å². The molecule has 3 rings (SSSR count). The Morgan fingerprint density at radius 1 is 1.17 bits per heavy atom. The average molecular weight is 531 g/mol. The summed E-state index contributed by atoms with van der Waals surface area (Å²) >= 11 is 8.68. The van der Waals surface area contributed by atoms with E-state index in [0.717, 1.165) is 29.3 Å². The van der Waals surface area contributed by atoms with Gasteiger partial charge in [-0.1, -0.05) is 39.8 Å². The molecule has 0 bridgehead atoms. The molecule has 3 aromatic rings. The van der Waals surface area contributed by atoms with Crippen molar-refractivity contribution in [2.24, 2.45) is 0 Å². The molecule has 1 N–H and O–H groups in total. The van der Waals surface area contributed by atoms with Gasteiger partial charge < -0.3 is 5.32 Å². The summed E-state index contributed by atoms with van der Waals surface area (Å²) in [5.74, 6) is 0.320. The zero-order chi connectivity index (χ0) is 16.9. The lowest BCUT2D eigenvalue weighted by Crippen LogP contribution is -2.13. The largest absolute Gasteiger partial charge is 0.325 e. The normalized spacial score (nSPS) is 10.6. The van der Waals surface area contributed by atoms with E-state index in [1.165, 1.54) is 11.8 Å². The maximum Gasteiger partial charge on any atom is 0.234 e. The fourth-order valence-electron chi connectivity index (χ4n) is 1.93. The van der Waals surface area contributed by atoms with Crippen molar-refractivity contribution < 1.29 is 4.79 Å². The van der Waals surface area contributed by atoms with Gasteiger partial charge in [0, 0.05) is 24.7 Å². The number of hydrogen-bond acceptors (Lipinski definition) is 4. The number of anilines is 1. The van der Waals surface area contributed by atoms with Gasteiger partial charge in [-0.15, -0.1) is 11.3 Å². The quantitative estimate of drug-likeness (QED) is 0.329. The van der Waals surface area contributed by atoms with E-state index in [4.69, 9.17) is 0 Å². The minimum Gasteiger partial charge on any atom is -0.325 e. The molecule has 0 spiro atoms. The molecule has 3 nitrogen and oxygen atoms in total. The third-order valence-electron chi connectivity index (χ3n) is 3.08. The molecule has 0 atom stereocenters. The zero-order valence-electron chi connectivity index (χ0n) is 12.3. The van der Waals surface area contributed by atoms with Gasteiger partial charge in [0.05, 0.1) is 11.4 Å². The summed E-state index contributed by atoms with van der Waals surface area (Å²) in [5, 5.41) is 4.91. The molecule has 1 heterocycles. The maximum atomic E-state index is 12.0. The molecule has 24 heavy (non-hydrogen) atoms. The van der Waals surface area contributed by atoms with Crippen molar-refractivity contribution in [2.45, 2.75) is 4.34 Å². The van der Waals surface area contributed by atoms with E-state index in [0.29, 0.717) is 5.75 Å². The first-order chi connectivity index (χ1) is 11.6. The number of rotatable bonds is 5. The van der Waals surface area contributed by atoms with Crippen LogP contribution in [0.2, 0.25) is 0 Å². The summed E-state index contributed by atoms with van der Waals surface area (Å²) in [6, 6.07) is 15.8. The monoisotopic (exact) mass is 530 g/mol. The number of benzene rings is 2. The third-order valence-corrected chi connectivity index (χ3v) is 6.35. The minimum absolute atomic E-state index is 0.0263. The third kappa shape index (κ3) is 5.05. The smallest absolute Gasteiger partial charge is 0.234 e. The first kappa shape index (κ1) is 17.9. The molecule has 1 amide bonds. The molecule has 122 valence electrons. The highest BCUT2D eigenvalue weighted by Crippen LogP contribution is 2.29. The first-order valence-corrected chi connectivity index (χ1v) is 10.7. The topological polar surface area (TPSA) is 42.0 Å². The summed E-state index contributed by atoms with van der Waals surface area (Å²) in [7, 11) is 0. The highest BCUT2D eigenvalue weighted by atomic mass is 127. The van der Waals surface area contributed by atoms with Gasteiger partial charge >= 0.3 is 0 Å². The van der Waals surface area contributed by atoms with Crippen molar-refractivity contribution in [3.63, 3.8) is 0 Å². The van der Waals surface area contributed by atoms with Gasteiger partial charge in [-0.05, 0) is 59.0 Å². The Bertz CT molecular complexity index is 835. The summed E-state index contributed by atoms with van der Waals surface area (Å²) in [5.41, 5.74) is 2.83. The Morgan fingerprint density at radius 2 is 1.88 bits per heavy atom. The minimum atomic E-state index is -0.0263. The highest BCUT2D eigenvalue weighted by molar-refractivity contribution is 14.1. The van der Waals surface area contributed by atoms with E-state index >= 15 is 0 Å². The van der Waals surface area contributed by atoms with Gasteiger partial charge in [-0.25, -0.2) is 4.98 Å². The van der Waals surface area contributed by atoms with Crippen LogP contribution in [0.5, 0.6) is 0 Å². The molecule has 0 aliphatic heterocycles. The Balaban J connectivity index is 1.56. The van der Waals surface area contributed by atoms with Crippen LogP contribution in [0.3, 0.4) is 0 Å². The standard InChI is InChI=1S/C17H12BrIN2OS2/c18-12-3-1-11(2-4-12)15-9-23-17(21-15)24-10-16(22)20-14-7-5-13(19)6-8-14/h1-9H,10H2,(H,20,22). The van der Waals surface area contributed by atoms with Gasteiger partial charge in [-0.3, -0.25) is 4.79 Å². The van der Waals surface area contributed by atoms with Crippen molar-refractivity contribution in [2.75, 3.05) is 11.1 Å². The Morgan fingerprint density at radius 3 is 2.58 bits per heavy atom. The molecule has 0 saturated carbocycles. The number of hydrogen-bond donors (Lipinski definition) is 1. The number of thiazole rings is 1. The van der Waals surface area contributed by atoms with Crippen molar-refractivity contribution in [3.05, 3.63) is 62.0 Å². The number of nitrogens with zero attached hydrogens (tertiary/aromatic N) is 1. The van der Waals surface area contributed by atoms with Crippen molar-refractivity contribution in [1.29, 1.82) is 0 Å². The van der Waals surface area contributed by atoms with E-state index < -0.39 is 0 Å². The molecular formula is C17H12BrIN2OS2. The highest BCUT2D eigenvalue weighted by Gasteiger charge is 2.08. The number of carbonyl (C=O) groups is 1. The lowest BCUT2D eigenvalue weighted by Gasteiger charge is -2.04. The summed E-state index contributed by atoms with van der Waals surface area (Å²) in [6.45, 7) is 0. The van der Waals surface area contributed by atoms with E-state index in [-0.39, 0.29) is 5.91 Å². The van der Waals surface area contributed by atoms with Gasteiger partial charge in [0.15, 0.2) is 4.34 Å². The first-order valence-electron chi connectivity index (χ1n) is 7.00. The van der Waals surface area contributed by atoms with Crippen LogP contribution in [0.4, 0.5) is 5.69 Å². The van der Waals surface area contributed by atoms with Gasteiger partial charge in [0.2, 0.25) is 5.91 Å². The lowest BCUT2D eigenvalue weighted by molar-refractivity contribution is -0.113. The number of thioether (sulfide) groups is 1. The second-order valence-electron chi connectivity index (χ2n) is 4.85. The second-order valence-corrected chi connectivity index (χ2v) is 9.09. The molecule has 0 radical (unpaired) electrons. The average Bonchev–Trinajstić information content (AvgIpc) is 3.05. The lowest BCUT2D eigenvalue weighted by atomic mass is 10.2. The molecule has 2 aromatic carbocycles. The van der Waals surface area contributed by atoms with Crippen LogP contribution < -0.4 is 5.32 Å². The molecule has 0 saturated heterocycles. The predicted octanol–water partition coefficient (Wildman–Crippen LogP) is 5.91. The molecule has 0 aliphatic carbocycles. The van der Waals surface area contributed by atoms with Crippen LogP contribution in [-0.2, 0) is 4.79 Å². The second kappa shape index (κ2) is 8.46. The van der Waals surface area contributed by atoms with Crippen LogP contribution in [0.25, 0.3) is 11.3 Å². The SMILES string of the molecule is O=C(CSc1nc(-c2ccc(Br)cc2)cs1)Nc1ccc(I)cc1. The molecule has 0 fully saturated rings. The number of aromatic nitrogens is 1. The zero-order valence-corrected chi connectivity index (χ0v) is 17.7. The molecule has 7 heteroatoms. The number of carbonyl (C=O) groups excluding carboxylic acids is 1. The predicted molar refractivity (Wildman–Crippen MR) is 114 cm³/mol. The van der Waals surface area contributed by atoms with E-state index in [9.17, 15) is 4.79 Å². The van der Waals surface area contributed by atoms with Crippen molar-refractivity contribution in [1.82, 2.24) is 4.98 Å². The fourth-order valence-corrected chi connectivity index (χ4v) is 4.19. The van der Waals surface area contributed by atoms with Gasteiger partial charge in [0.25, 0.3) is 0 Å². The van der Waals surface area contributed by atoms with Crippen LogP contribution in [0, 0.1) is 3.57 Å². The Kier molecular flexibility index (Phi) is 6.31. The maximum absolute atomic E-state index is 12.0.